The molecule has 0 unspecified atom stereocenters. The topological polar surface area (TPSA) is 133 Å². The van der Waals surface area contributed by atoms with Crippen molar-refractivity contribution >= 4 is 37.7 Å². The highest BCUT2D eigenvalue weighted by molar-refractivity contribution is 7.86. The summed E-state index contributed by atoms with van der Waals surface area (Å²) < 4.78 is 65.0. The summed E-state index contributed by atoms with van der Waals surface area (Å²) in [7, 11) is -9.36. The van der Waals surface area contributed by atoms with Gasteiger partial charge >= 0.3 is 0 Å². The fraction of sp³-hybridized carbons (Fsp3) is 0.240. The second kappa shape index (κ2) is 10.7. The molecule has 0 fully saturated rings. The summed E-state index contributed by atoms with van der Waals surface area (Å²) in [5, 5.41) is 3.32. The molecular weight excluding hydrogens is 488 g/mol. The lowest BCUT2D eigenvalue weighted by Crippen LogP contribution is -2.06. The maximum atomic E-state index is 11.8. The lowest BCUT2D eigenvalue weighted by atomic mass is 9.99. The van der Waals surface area contributed by atoms with Gasteiger partial charge in [-0.05, 0) is 91.5 Å². The minimum absolute atomic E-state index is 0.0837. The van der Waals surface area contributed by atoms with Crippen molar-refractivity contribution in [2.45, 2.75) is 37.0 Å². The highest BCUT2D eigenvalue weighted by Crippen LogP contribution is 2.25. The number of anilines is 1. The molecular formula is C25H28N2O6S2. The number of rotatable bonds is 8. The van der Waals surface area contributed by atoms with Gasteiger partial charge in [0, 0.05) is 18.8 Å². The van der Waals surface area contributed by atoms with Gasteiger partial charge in [-0.1, -0.05) is 24.3 Å². The third-order valence-electron chi connectivity index (χ3n) is 5.44. The van der Waals surface area contributed by atoms with Gasteiger partial charge in [0.25, 0.3) is 20.2 Å². The van der Waals surface area contributed by atoms with Crippen molar-refractivity contribution < 1.29 is 25.9 Å². The monoisotopic (exact) mass is 516 g/mol. The first-order valence-corrected chi connectivity index (χ1v) is 13.8. The van der Waals surface area contributed by atoms with E-state index in [4.69, 9.17) is 0 Å². The Bertz CT molecular complexity index is 1470. The lowest BCUT2D eigenvalue weighted by molar-refractivity contribution is 0.481. The van der Waals surface area contributed by atoms with Crippen LogP contribution in [0.25, 0.3) is 6.08 Å². The van der Waals surface area contributed by atoms with Crippen LogP contribution in [0.4, 0.5) is 5.69 Å². The molecule has 0 bridgehead atoms. The molecule has 0 saturated heterocycles. The van der Waals surface area contributed by atoms with Crippen LogP contribution >= 0.6 is 0 Å². The summed E-state index contributed by atoms with van der Waals surface area (Å²) in [6, 6.07) is 9.32. The maximum Gasteiger partial charge on any atom is 0.295 e. The number of hydrogen-bond acceptors (Lipinski definition) is 6. The predicted octanol–water partition coefficient (Wildman–Crippen LogP) is 4.50. The van der Waals surface area contributed by atoms with Crippen molar-refractivity contribution in [1.29, 1.82) is 0 Å². The van der Waals surface area contributed by atoms with Crippen LogP contribution < -0.4 is 5.32 Å². The van der Waals surface area contributed by atoms with Crippen LogP contribution in [-0.4, -0.2) is 44.7 Å². The van der Waals surface area contributed by atoms with Gasteiger partial charge in [-0.25, -0.2) is 0 Å². The number of hydrogen-bond donors (Lipinski definition) is 3. The van der Waals surface area contributed by atoms with Gasteiger partial charge in [0.15, 0.2) is 0 Å². The molecule has 0 atom stereocenters. The summed E-state index contributed by atoms with van der Waals surface area (Å²) in [4.78, 5) is 3.43. The largest absolute Gasteiger partial charge is 0.385 e. The van der Waals surface area contributed by atoms with Gasteiger partial charge in [0.2, 0.25) is 0 Å². The van der Waals surface area contributed by atoms with Crippen LogP contribution in [0, 0.1) is 6.92 Å². The first-order valence-electron chi connectivity index (χ1n) is 10.9. The number of aliphatic imine (C=N–C) groups is 1. The van der Waals surface area contributed by atoms with Crippen molar-refractivity contribution in [3.05, 3.63) is 82.5 Å². The number of aryl methyl sites for hydroxylation is 1. The summed E-state index contributed by atoms with van der Waals surface area (Å²) in [5.41, 5.74) is 5.91. The average molecular weight is 517 g/mol. The normalized spacial score (nSPS) is 16.5. The summed E-state index contributed by atoms with van der Waals surface area (Å²) in [5.74, 6) is 0. The maximum absolute atomic E-state index is 11.8. The summed E-state index contributed by atoms with van der Waals surface area (Å²) in [6.07, 6.45) is 7.69. The molecule has 2 aromatic rings. The van der Waals surface area contributed by atoms with Crippen LogP contribution in [-0.2, 0) is 26.7 Å². The number of allylic oxidation sites excluding steroid dienone is 5. The highest BCUT2D eigenvalue weighted by Gasteiger charge is 2.20. The van der Waals surface area contributed by atoms with Crippen LogP contribution in [0.3, 0.4) is 0 Å². The minimum atomic E-state index is -4.73. The number of nitrogens with one attached hydrogen (secondary N) is 1. The minimum Gasteiger partial charge on any atom is -0.385 e. The zero-order valence-corrected chi connectivity index (χ0v) is 21.3. The lowest BCUT2D eigenvalue weighted by Gasteiger charge is -2.11. The van der Waals surface area contributed by atoms with E-state index < -0.39 is 30.0 Å². The van der Waals surface area contributed by atoms with E-state index in [0.29, 0.717) is 12.1 Å². The first kappa shape index (κ1) is 26.6. The molecule has 0 saturated carbocycles. The molecule has 3 rings (SSSR count). The Labute approximate surface area is 206 Å². The fourth-order valence-electron chi connectivity index (χ4n) is 3.72. The van der Waals surface area contributed by atoms with E-state index in [-0.39, 0.29) is 5.56 Å². The van der Waals surface area contributed by atoms with Crippen LogP contribution in [0.2, 0.25) is 0 Å². The standard InChI is InChI=1S/C25H28N2O6S2/c1-4-26-23-9-5-19(13-17(23)2)11-12-27-24-10-6-20(14-18(24)3)15-21-7-8-22(34(28,29)30)16-25(21)35(31,32)33/h5-10,13-16,26H,4,11-12H2,1-3H3,(H,28,29,30)(H,31,32,33)/b20-15-,27-24?. The van der Waals surface area contributed by atoms with Gasteiger partial charge in [-0.15, -0.1) is 0 Å². The van der Waals surface area contributed by atoms with Crippen molar-refractivity contribution in [2.24, 2.45) is 4.99 Å². The molecule has 35 heavy (non-hydrogen) atoms. The molecule has 0 amide bonds. The number of nitrogens with zero attached hydrogens (tertiary/aromatic N) is 1. The fourth-order valence-corrected chi connectivity index (χ4v) is 5.00. The van der Waals surface area contributed by atoms with E-state index in [1.54, 1.807) is 6.08 Å². The average Bonchev–Trinajstić information content (AvgIpc) is 2.76. The molecule has 186 valence electrons. The van der Waals surface area contributed by atoms with E-state index in [1.165, 1.54) is 23.3 Å². The van der Waals surface area contributed by atoms with Crippen molar-refractivity contribution in [1.82, 2.24) is 0 Å². The van der Waals surface area contributed by atoms with E-state index in [2.05, 4.69) is 42.4 Å². The van der Waals surface area contributed by atoms with E-state index in [1.807, 2.05) is 19.1 Å². The first-order chi connectivity index (χ1) is 16.4. The molecule has 1 aliphatic carbocycles. The smallest absolute Gasteiger partial charge is 0.295 e. The van der Waals surface area contributed by atoms with Crippen LogP contribution in [0.1, 0.15) is 30.5 Å². The third-order valence-corrected chi connectivity index (χ3v) is 7.20. The van der Waals surface area contributed by atoms with E-state index in [9.17, 15) is 25.9 Å². The molecule has 1 aliphatic rings. The SMILES string of the molecule is CCNc1ccc(CCN=C2C=C/C(=C/c3ccc(S(=O)(=O)O)cc3S(=O)(=O)O)C=C2C)cc1C. The van der Waals surface area contributed by atoms with Gasteiger partial charge < -0.3 is 5.32 Å². The summed E-state index contributed by atoms with van der Waals surface area (Å²) >= 11 is 0. The van der Waals surface area contributed by atoms with E-state index in [0.717, 1.165) is 42.1 Å². The van der Waals surface area contributed by atoms with Crippen LogP contribution in [0.5, 0.6) is 0 Å². The summed E-state index contributed by atoms with van der Waals surface area (Å²) in [6.45, 7) is 7.49. The highest BCUT2D eigenvalue weighted by atomic mass is 32.2. The molecule has 10 heteroatoms. The van der Waals surface area contributed by atoms with Crippen molar-refractivity contribution in [2.75, 3.05) is 18.4 Å². The Morgan fingerprint density at radius 1 is 0.971 bits per heavy atom. The van der Waals surface area contributed by atoms with Crippen molar-refractivity contribution in [3.63, 3.8) is 0 Å². The van der Waals surface area contributed by atoms with Crippen LogP contribution in [0.15, 0.2) is 80.6 Å². The zero-order valence-electron chi connectivity index (χ0n) is 19.7. The Kier molecular flexibility index (Phi) is 8.11. The second-order valence-corrected chi connectivity index (χ2v) is 11.0. The number of benzene rings is 2. The molecule has 0 heterocycles. The Morgan fingerprint density at radius 3 is 2.31 bits per heavy atom. The zero-order chi connectivity index (χ0) is 25.8. The van der Waals surface area contributed by atoms with Gasteiger partial charge in [0.05, 0.1) is 10.6 Å². The third kappa shape index (κ3) is 6.98. The van der Waals surface area contributed by atoms with Gasteiger partial charge in [0.1, 0.15) is 4.90 Å². The molecule has 0 spiro atoms. The molecule has 0 aliphatic heterocycles. The second-order valence-electron chi connectivity index (χ2n) is 8.15. The molecule has 2 aromatic carbocycles. The van der Waals surface area contributed by atoms with Gasteiger partial charge in [-0.3, -0.25) is 14.1 Å². The van der Waals surface area contributed by atoms with Gasteiger partial charge in [-0.2, -0.15) is 16.8 Å². The molecule has 3 N–H and O–H groups in total. The van der Waals surface area contributed by atoms with E-state index >= 15 is 0 Å². The quantitative estimate of drug-likeness (QED) is 0.440. The Hall–Kier alpha value is -3.05. The Balaban J connectivity index is 1.78. The Morgan fingerprint density at radius 2 is 1.71 bits per heavy atom. The molecule has 0 radical (unpaired) electrons. The molecule has 0 aromatic heterocycles. The van der Waals surface area contributed by atoms with Crippen molar-refractivity contribution in [3.8, 4) is 0 Å². The molecule has 8 nitrogen and oxygen atoms in total. The predicted molar refractivity (Wildman–Crippen MR) is 138 cm³/mol.